The van der Waals surface area contributed by atoms with Crippen LogP contribution in [0.2, 0.25) is 0 Å². The summed E-state index contributed by atoms with van der Waals surface area (Å²) in [6, 6.07) is 1.46. The van der Waals surface area contributed by atoms with Gasteiger partial charge in [-0.25, -0.2) is 0 Å². The standard InChI is InChI=1S/C12H27N3/c1-6-13-12(3,4)7-8-15(5)9-11-10(2)14-11/h10-11,13-14H,6-9H2,1-5H3. The monoisotopic (exact) mass is 213 g/mol. The average Bonchev–Trinajstić information content (AvgIpc) is 2.79. The normalized spacial score (nSPS) is 26.0. The summed E-state index contributed by atoms with van der Waals surface area (Å²) < 4.78 is 0. The van der Waals surface area contributed by atoms with Crippen molar-refractivity contribution in [2.45, 2.75) is 51.7 Å². The van der Waals surface area contributed by atoms with Crippen molar-refractivity contribution in [1.82, 2.24) is 15.5 Å². The van der Waals surface area contributed by atoms with Gasteiger partial charge in [0, 0.05) is 24.2 Å². The summed E-state index contributed by atoms with van der Waals surface area (Å²) in [7, 11) is 2.22. The van der Waals surface area contributed by atoms with Crippen molar-refractivity contribution in [2.75, 3.05) is 26.7 Å². The zero-order valence-corrected chi connectivity index (χ0v) is 10.9. The van der Waals surface area contributed by atoms with Gasteiger partial charge in [0.2, 0.25) is 0 Å². The molecule has 1 heterocycles. The van der Waals surface area contributed by atoms with Gasteiger partial charge >= 0.3 is 0 Å². The molecule has 0 aromatic heterocycles. The van der Waals surface area contributed by atoms with Crippen LogP contribution in [-0.4, -0.2) is 49.2 Å². The Bertz CT molecular complexity index is 191. The van der Waals surface area contributed by atoms with Crippen LogP contribution in [0.1, 0.15) is 34.1 Å². The fraction of sp³-hybridized carbons (Fsp3) is 1.00. The molecule has 0 aromatic carbocycles. The third-order valence-electron chi connectivity index (χ3n) is 3.25. The van der Waals surface area contributed by atoms with E-state index in [9.17, 15) is 0 Å². The second-order valence-electron chi connectivity index (χ2n) is 5.49. The molecule has 1 aliphatic heterocycles. The van der Waals surface area contributed by atoms with Crippen LogP contribution in [0.25, 0.3) is 0 Å². The highest BCUT2D eigenvalue weighted by Gasteiger charge is 2.32. The molecule has 1 aliphatic rings. The minimum atomic E-state index is 0.269. The third kappa shape index (κ3) is 4.96. The van der Waals surface area contributed by atoms with Gasteiger partial charge in [-0.05, 0) is 47.3 Å². The van der Waals surface area contributed by atoms with E-state index in [1.807, 2.05) is 0 Å². The first kappa shape index (κ1) is 12.9. The van der Waals surface area contributed by atoms with E-state index in [2.05, 4.69) is 50.3 Å². The maximum Gasteiger partial charge on any atom is 0.0349 e. The fourth-order valence-corrected chi connectivity index (χ4v) is 1.96. The van der Waals surface area contributed by atoms with Gasteiger partial charge in [-0.15, -0.1) is 0 Å². The van der Waals surface area contributed by atoms with Crippen molar-refractivity contribution in [3.8, 4) is 0 Å². The summed E-state index contributed by atoms with van der Waals surface area (Å²) in [5.41, 5.74) is 0.269. The zero-order valence-electron chi connectivity index (χ0n) is 10.9. The molecule has 0 aromatic rings. The van der Waals surface area contributed by atoms with E-state index < -0.39 is 0 Å². The Labute approximate surface area is 94.6 Å². The molecule has 1 fully saturated rings. The zero-order chi connectivity index (χ0) is 11.5. The van der Waals surface area contributed by atoms with Crippen LogP contribution in [-0.2, 0) is 0 Å². The molecule has 2 N–H and O–H groups in total. The maximum atomic E-state index is 3.51. The molecule has 1 rings (SSSR count). The molecule has 0 bridgehead atoms. The molecule has 0 aliphatic carbocycles. The van der Waals surface area contributed by atoms with E-state index in [0.29, 0.717) is 0 Å². The van der Waals surface area contributed by atoms with Crippen molar-refractivity contribution in [2.24, 2.45) is 0 Å². The highest BCUT2D eigenvalue weighted by atomic mass is 15.2. The van der Waals surface area contributed by atoms with E-state index in [1.165, 1.54) is 19.5 Å². The molecule has 0 radical (unpaired) electrons. The van der Waals surface area contributed by atoms with E-state index in [4.69, 9.17) is 0 Å². The molecule has 90 valence electrons. The second-order valence-corrected chi connectivity index (χ2v) is 5.49. The first-order valence-electron chi connectivity index (χ1n) is 6.14. The van der Waals surface area contributed by atoms with E-state index in [1.54, 1.807) is 0 Å². The van der Waals surface area contributed by atoms with Gasteiger partial charge in [0.25, 0.3) is 0 Å². The third-order valence-corrected chi connectivity index (χ3v) is 3.25. The Morgan fingerprint density at radius 2 is 2.00 bits per heavy atom. The predicted octanol–water partition coefficient (Wildman–Crippen LogP) is 1.06. The van der Waals surface area contributed by atoms with Gasteiger partial charge in [-0.2, -0.15) is 0 Å². The summed E-state index contributed by atoms with van der Waals surface area (Å²) in [4.78, 5) is 2.43. The van der Waals surface area contributed by atoms with Crippen LogP contribution < -0.4 is 10.6 Å². The van der Waals surface area contributed by atoms with Crippen LogP contribution in [0.5, 0.6) is 0 Å². The summed E-state index contributed by atoms with van der Waals surface area (Å²) in [5, 5.41) is 6.94. The van der Waals surface area contributed by atoms with Crippen molar-refractivity contribution >= 4 is 0 Å². The van der Waals surface area contributed by atoms with Crippen LogP contribution in [0.15, 0.2) is 0 Å². The summed E-state index contributed by atoms with van der Waals surface area (Å²) in [6.07, 6.45) is 1.21. The lowest BCUT2D eigenvalue weighted by atomic mass is 10.0. The summed E-state index contributed by atoms with van der Waals surface area (Å²) in [5.74, 6) is 0. The largest absolute Gasteiger partial charge is 0.312 e. The van der Waals surface area contributed by atoms with Gasteiger partial charge < -0.3 is 15.5 Å². The van der Waals surface area contributed by atoms with Crippen LogP contribution in [0.4, 0.5) is 0 Å². The number of rotatable bonds is 7. The van der Waals surface area contributed by atoms with Crippen LogP contribution >= 0.6 is 0 Å². The Hall–Kier alpha value is -0.120. The van der Waals surface area contributed by atoms with Crippen LogP contribution in [0.3, 0.4) is 0 Å². The predicted molar refractivity (Wildman–Crippen MR) is 66.3 cm³/mol. The minimum Gasteiger partial charge on any atom is -0.312 e. The number of likely N-dealkylation sites (N-methyl/N-ethyl adjacent to an activating group) is 1. The van der Waals surface area contributed by atoms with Gasteiger partial charge in [0.15, 0.2) is 0 Å². The lowest BCUT2D eigenvalue weighted by molar-refractivity contribution is 0.271. The lowest BCUT2D eigenvalue weighted by Crippen LogP contribution is -2.42. The number of nitrogens with zero attached hydrogens (tertiary/aromatic N) is 1. The van der Waals surface area contributed by atoms with Crippen molar-refractivity contribution < 1.29 is 0 Å². The Morgan fingerprint density at radius 3 is 2.47 bits per heavy atom. The molecule has 0 spiro atoms. The van der Waals surface area contributed by atoms with Crippen molar-refractivity contribution in [3.05, 3.63) is 0 Å². The Kier molecular flexibility index (Phi) is 4.56. The molecule has 1 saturated heterocycles. The molecule has 0 amide bonds. The van der Waals surface area contributed by atoms with Gasteiger partial charge in [0.1, 0.15) is 0 Å². The van der Waals surface area contributed by atoms with Gasteiger partial charge in [-0.3, -0.25) is 0 Å². The smallest absolute Gasteiger partial charge is 0.0349 e. The first-order chi connectivity index (χ1) is 6.94. The molecule has 15 heavy (non-hydrogen) atoms. The van der Waals surface area contributed by atoms with Gasteiger partial charge in [-0.1, -0.05) is 6.92 Å². The van der Waals surface area contributed by atoms with E-state index in [-0.39, 0.29) is 5.54 Å². The second kappa shape index (κ2) is 5.28. The van der Waals surface area contributed by atoms with E-state index in [0.717, 1.165) is 18.6 Å². The summed E-state index contributed by atoms with van der Waals surface area (Å²) in [6.45, 7) is 12.4. The molecule has 2 atom stereocenters. The summed E-state index contributed by atoms with van der Waals surface area (Å²) >= 11 is 0. The first-order valence-corrected chi connectivity index (χ1v) is 6.14. The number of hydrogen-bond donors (Lipinski definition) is 2. The van der Waals surface area contributed by atoms with Gasteiger partial charge in [0.05, 0.1) is 0 Å². The lowest BCUT2D eigenvalue weighted by Gasteiger charge is -2.28. The molecule has 2 unspecified atom stereocenters. The molecular formula is C12H27N3. The highest BCUT2D eigenvalue weighted by Crippen LogP contribution is 2.13. The molecular weight excluding hydrogens is 186 g/mol. The minimum absolute atomic E-state index is 0.269. The van der Waals surface area contributed by atoms with E-state index >= 15 is 0 Å². The number of nitrogens with one attached hydrogen (secondary N) is 2. The topological polar surface area (TPSA) is 37.2 Å². The maximum absolute atomic E-state index is 3.51. The van der Waals surface area contributed by atoms with Crippen molar-refractivity contribution in [1.29, 1.82) is 0 Å². The SMILES string of the molecule is CCNC(C)(C)CCN(C)CC1NC1C. The average molecular weight is 213 g/mol. The molecule has 3 nitrogen and oxygen atoms in total. The number of hydrogen-bond acceptors (Lipinski definition) is 3. The van der Waals surface area contributed by atoms with Crippen molar-refractivity contribution in [3.63, 3.8) is 0 Å². The fourth-order valence-electron chi connectivity index (χ4n) is 1.96. The Morgan fingerprint density at radius 1 is 1.40 bits per heavy atom. The Balaban J connectivity index is 2.12. The quantitative estimate of drug-likeness (QED) is 0.621. The highest BCUT2D eigenvalue weighted by molar-refractivity contribution is 4.96. The molecule has 3 heteroatoms. The molecule has 0 saturated carbocycles. The van der Waals surface area contributed by atoms with Crippen LogP contribution in [0, 0.1) is 0 Å².